The molecule has 1 atom stereocenters. The smallest absolute Gasteiger partial charge is 0.288 e. The number of nitrogens with zero attached hydrogens (tertiary/aromatic N) is 1. The Morgan fingerprint density at radius 2 is 2.17 bits per heavy atom. The number of anilines is 1. The van der Waals surface area contributed by atoms with Gasteiger partial charge in [0.2, 0.25) is 5.91 Å². The van der Waals surface area contributed by atoms with Gasteiger partial charge in [0.15, 0.2) is 0 Å². The number of thioether (sulfide) groups is 1. The lowest BCUT2D eigenvalue weighted by molar-refractivity contribution is -0.118. The van der Waals surface area contributed by atoms with Crippen LogP contribution in [0.3, 0.4) is 0 Å². The van der Waals surface area contributed by atoms with E-state index in [4.69, 9.17) is 5.73 Å². The van der Waals surface area contributed by atoms with Crippen molar-refractivity contribution < 1.29 is 13.6 Å². The van der Waals surface area contributed by atoms with E-state index in [1.54, 1.807) is 24.3 Å². The normalized spacial score (nSPS) is 21.4. The Hall–Kier alpha value is -1.18. The van der Waals surface area contributed by atoms with E-state index in [1.807, 2.05) is 0 Å². The highest BCUT2D eigenvalue weighted by Gasteiger charge is 2.33. The van der Waals surface area contributed by atoms with E-state index >= 15 is 0 Å². The highest BCUT2D eigenvalue weighted by molar-refractivity contribution is 7.99. The van der Waals surface area contributed by atoms with Crippen LogP contribution in [0.5, 0.6) is 0 Å². The van der Waals surface area contributed by atoms with Crippen molar-refractivity contribution in [3.05, 3.63) is 24.3 Å². The van der Waals surface area contributed by atoms with Gasteiger partial charge in [0, 0.05) is 24.0 Å². The van der Waals surface area contributed by atoms with Crippen LogP contribution < -0.4 is 11.1 Å². The summed E-state index contributed by atoms with van der Waals surface area (Å²) in [6, 6.07) is 6.74. The van der Waals surface area contributed by atoms with Crippen molar-refractivity contribution in [3.8, 4) is 0 Å². The van der Waals surface area contributed by atoms with Crippen molar-refractivity contribution in [1.82, 2.24) is 4.90 Å². The predicted octanol–water partition coefficient (Wildman–Crippen LogP) is 3.00. The van der Waals surface area contributed by atoms with Crippen molar-refractivity contribution in [3.63, 3.8) is 0 Å². The summed E-state index contributed by atoms with van der Waals surface area (Å²) in [5.41, 5.74) is 6.48. The fourth-order valence-electron chi connectivity index (χ4n) is 2.78. The Kier molecular flexibility index (Phi) is 6.00. The highest BCUT2D eigenvalue weighted by atomic mass is 32.2. The lowest BCUT2D eigenvalue weighted by atomic mass is 9.80. The number of carbonyl (C=O) groups is 1. The number of benzene rings is 1. The Morgan fingerprint density at radius 3 is 2.83 bits per heavy atom. The van der Waals surface area contributed by atoms with Gasteiger partial charge in [-0.3, -0.25) is 9.69 Å². The molecule has 1 aromatic carbocycles. The molecule has 1 amide bonds. The van der Waals surface area contributed by atoms with Crippen LogP contribution in [0.25, 0.3) is 0 Å². The number of rotatable bonds is 5. The Morgan fingerprint density at radius 1 is 1.48 bits per heavy atom. The summed E-state index contributed by atoms with van der Waals surface area (Å²) < 4.78 is 25.1. The second-order valence-corrected chi connectivity index (χ2v) is 7.55. The van der Waals surface area contributed by atoms with Crippen molar-refractivity contribution in [2.45, 2.75) is 37.0 Å². The molecule has 0 spiro atoms. The molecule has 1 heterocycles. The number of para-hydroxylation sites is 1. The van der Waals surface area contributed by atoms with Crippen LogP contribution in [0.4, 0.5) is 14.5 Å². The summed E-state index contributed by atoms with van der Waals surface area (Å²) in [7, 11) is 0. The first-order valence-electron chi connectivity index (χ1n) is 7.59. The summed E-state index contributed by atoms with van der Waals surface area (Å²) in [5, 5.41) is 2.74. The third-order valence-corrected chi connectivity index (χ3v) is 4.92. The summed E-state index contributed by atoms with van der Waals surface area (Å²) in [6.45, 7) is 5.94. The number of carbonyl (C=O) groups excluding carboxylic acids is 1. The molecule has 0 aliphatic carbocycles. The molecule has 0 bridgehead atoms. The maximum absolute atomic E-state index is 12.6. The summed E-state index contributed by atoms with van der Waals surface area (Å²) >= 11 is 0.435. The molecule has 1 aliphatic heterocycles. The lowest BCUT2D eigenvalue weighted by Crippen LogP contribution is -2.53. The molecule has 3 N–H and O–H groups in total. The summed E-state index contributed by atoms with van der Waals surface area (Å²) in [6.07, 6.45) is 0.845. The standard InChI is InChI=1S/C16H23F2N3OS/c1-16(2)10-21(8-7-13(16)19)9-14(22)20-11-5-3-4-6-12(11)23-15(17)18/h3-6,13,15H,7-10,19H2,1-2H3,(H,20,22). The van der Waals surface area contributed by atoms with Gasteiger partial charge in [0.05, 0.1) is 12.2 Å². The minimum atomic E-state index is -2.52. The molecule has 0 saturated carbocycles. The van der Waals surface area contributed by atoms with E-state index in [-0.39, 0.29) is 23.9 Å². The summed E-state index contributed by atoms with van der Waals surface area (Å²) in [5.74, 6) is -2.71. The van der Waals surface area contributed by atoms with Crippen LogP contribution in [0, 0.1) is 5.41 Å². The number of nitrogens with one attached hydrogen (secondary N) is 1. The fraction of sp³-hybridized carbons (Fsp3) is 0.562. The van der Waals surface area contributed by atoms with Crippen molar-refractivity contribution in [2.24, 2.45) is 11.1 Å². The summed E-state index contributed by atoms with van der Waals surface area (Å²) in [4.78, 5) is 14.7. The molecule has 2 rings (SSSR count). The van der Waals surface area contributed by atoms with Crippen LogP contribution >= 0.6 is 11.8 Å². The van der Waals surface area contributed by atoms with Crippen molar-refractivity contribution in [2.75, 3.05) is 25.0 Å². The number of hydrogen-bond donors (Lipinski definition) is 2. The van der Waals surface area contributed by atoms with Crippen molar-refractivity contribution in [1.29, 1.82) is 0 Å². The molecular formula is C16H23F2N3OS. The van der Waals surface area contributed by atoms with Crippen LogP contribution in [-0.2, 0) is 4.79 Å². The zero-order valence-electron chi connectivity index (χ0n) is 13.4. The van der Waals surface area contributed by atoms with Crippen LogP contribution in [0.1, 0.15) is 20.3 Å². The van der Waals surface area contributed by atoms with Crippen molar-refractivity contribution >= 4 is 23.4 Å². The molecule has 1 unspecified atom stereocenters. The maximum Gasteiger partial charge on any atom is 0.288 e. The van der Waals surface area contributed by atoms with Crippen LogP contribution in [0.2, 0.25) is 0 Å². The number of amides is 1. The minimum absolute atomic E-state index is 0.0397. The van der Waals surface area contributed by atoms with Gasteiger partial charge in [-0.15, -0.1) is 0 Å². The lowest BCUT2D eigenvalue weighted by Gasteiger charge is -2.42. The molecule has 128 valence electrons. The molecule has 1 fully saturated rings. The number of nitrogens with two attached hydrogens (primary N) is 1. The second kappa shape index (κ2) is 7.59. The van der Waals surface area contributed by atoms with E-state index in [0.29, 0.717) is 22.3 Å². The molecule has 0 aromatic heterocycles. The van der Waals surface area contributed by atoms with Crippen LogP contribution in [-0.4, -0.2) is 42.2 Å². The molecule has 7 heteroatoms. The van der Waals surface area contributed by atoms with E-state index in [1.165, 1.54) is 0 Å². The first-order valence-corrected chi connectivity index (χ1v) is 8.47. The Balaban J connectivity index is 1.95. The molecule has 4 nitrogen and oxygen atoms in total. The van der Waals surface area contributed by atoms with E-state index < -0.39 is 5.76 Å². The fourth-order valence-corrected chi connectivity index (χ4v) is 3.38. The van der Waals surface area contributed by atoms with Crippen LogP contribution in [0.15, 0.2) is 29.2 Å². The topological polar surface area (TPSA) is 58.4 Å². The van der Waals surface area contributed by atoms with Gasteiger partial charge in [-0.05, 0) is 24.0 Å². The Bertz CT molecular complexity index is 554. The number of likely N-dealkylation sites (tertiary alicyclic amines) is 1. The first kappa shape index (κ1) is 18.2. The number of alkyl halides is 2. The second-order valence-electron chi connectivity index (χ2n) is 6.52. The minimum Gasteiger partial charge on any atom is -0.327 e. The molecule has 1 aliphatic rings. The molecule has 0 radical (unpaired) electrons. The average Bonchev–Trinajstić information content (AvgIpc) is 2.44. The first-order chi connectivity index (χ1) is 10.8. The molecule has 23 heavy (non-hydrogen) atoms. The largest absolute Gasteiger partial charge is 0.327 e. The van der Waals surface area contributed by atoms with Gasteiger partial charge in [0.1, 0.15) is 0 Å². The van der Waals surface area contributed by atoms with E-state index in [9.17, 15) is 13.6 Å². The van der Waals surface area contributed by atoms with Gasteiger partial charge in [-0.1, -0.05) is 37.7 Å². The SMILES string of the molecule is CC1(C)CN(CC(=O)Nc2ccccc2SC(F)F)CCC1N. The predicted molar refractivity (Wildman–Crippen MR) is 89.7 cm³/mol. The van der Waals surface area contributed by atoms with E-state index in [2.05, 4.69) is 24.1 Å². The average molecular weight is 343 g/mol. The maximum atomic E-state index is 12.6. The quantitative estimate of drug-likeness (QED) is 0.807. The van der Waals surface area contributed by atoms with Gasteiger partial charge in [-0.25, -0.2) is 0 Å². The Labute approximate surface area is 139 Å². The third kappa shape index (κ3) is 5.16. The number of piperidine rings is 1. The number of halogens is 2. The third-order valence-electron chi connectivity index (χ3n) is 4.14. The number of hydrogen-bond acceptors (Lipinski definition) is 4. The van der Waals surface area contributed by atoms with E-state index in [0.717, 1.165) is 19.5 Å². The zero-order chi connectivity index (χ0) is 17.0. The molecule has 1 aromatic rings. The zero-order valence-corrected chi connectivity index (χ0v) is 14.2. The van der Waals surface area contributed by atoms with Gasteiger partial charge in [0.25, 0.3) is 5.76 Å². The molecule has 1 saturated heterocycles. The van der Waals surface area contributed by atoms with Gasteiger partial charge in [-0.2, -0.15) is 8.78 Å². The highest BCUT2D eigenvalue weighted by Crippen LogP contribution is 2.32. The molecular weight excluding hydrogens is 320 g/mol. The monoisotopic (exact) mass is 343 g/mol. The van der Waals surface area contributed by atoms with Gasteiger partial charge >= 0.3 is 0 Å². The van der Waals surface area contributed by atoms with Gasteiger partial charge < -0.3 is 11.1 Å².